The van der Waals surface area contributed by atoms with Gasteiger partial charge in [0.05, 0.1) is 5.69 Å². The summed E-state index contributed by atoms with van der Waals surface area (Å²) >= 11 is 0. The van der Waals surface area contributed by atoms with Crippen LogP contribution in [0.3, 0.4) is 0 Å². The number of barbiturate groups is 1. The first kappa shape index (κ1) is 24.0. The molecule has 1 fully saturated rings. The van der Waals surface area contributed by atoms with E-state index >= 15 is 0 Å². The number of rotatable bonds is 5. The highest BCUT2D eigenvalue weighted by atomic mass is 16.5. The molecule has 4 amide bonds. The van der Waals surface area contributed by atoms with Crippen LogP contribution < -0.4 is 15.0 Å². The molecule has 37 heavy (non-hydrogen) atoms. The number of anilines is 1. The number of carbonyl (C=O) groups excluding carboxylic acids is 3. The quantitative estimate of drug-likeness (QED) is 0.275. The molecule has 6 heteroatoms. The number of nitrogens with zero attached hydrogens (tertiary/aromatic N) is 1. The summed E-state index contributed by atoms with van der Waals surface area (Å²) in [5, 5.41) is 4.08. The Balaban J connectivity index is 1.59. The topological polar surface area (TPSA) is 75.7 Å². The van der Waals surface area contributed by atoms with E-state index in [1.807, 2.05) is 93.6 Å². The number of fused-ring (bicyclic) bond motifs is 1. The first-order chi connectivity index (χ1) is 17.8. The maximum absolute atomic E-state index is 13.6. The number of benzene rings is 4. The molecule has 0 spiro atoms. The van der Waals surface area contributed by atoms with Crippen molar-refractivity contribution in [1.82, 2.24) is 5.32 Å². The second-order valence-electron chi connectivity index (χ2n) is 9.22. The van der Waals surface area contributed by atoms with Gasteiger partial charge in [-0.15, -0.1) is 0 Å². The van der Waals surface area contributed by atoms with Gasteiger partial charge in [-0.05, 0) is 60.9 Å². The summed E-state index contributed by atoms with van der Waals surface area (Å²) in [6, 6.07) is 24.1. The second kappa shape index (κ2) is 9.74. The Morgan fingerprint density at radius 3 is 2.41 bits per heavy atom. The largest absolute Gasteiger partial charge is 0.488 e. The number of carbonyl (C=O) groups is 3. The van der Waals surface area contributed by atoms with E-state index in [2.05, 4.69) is 5.32 Å². The van der Waals surface area contributed by atoms with Crippen LogP contribution >= 0.6 is 0 Å². The van der Waals surface area contributed by atoms with Gasteiger partial charge in [-0.2, -0.15) is 0 Å². The summed E-state index contributed by atoms with van der Waals surface area (Å²) in [6.07, 6.45) is 1.52. The standard InChI is InChI=1S/C31H26N2O4/c1-19-7-6-8-22(16-19)18-37-28-14-12-23-9-4-5-10-24(23)25(28)17-26-29(34)32-31(36)33(30(26)35)27-13-11-20(2)15-21(27)3/h4-17H,18H2,1-3H3,(H,32,34,36)/b26-17+. The molecule has 1 aliphatic rings. The predicted octanol–water partition coefficient (Wildman–Crippen LogP) is 6.01. The number of aryl methyl sites for hydroxylation is 3. The van der Waals surface area contributed by atoms with Crippen molar-refractivity contribution < 1.29 is 19.1 Å². The molecule has 0 radical (unpaired) electrons. The summed E-state index contributed by atoms with van der Waals surface area (Å²) in [5.41, 5.74) is 4.77. The number of nitrogens with one attached hydrogen (secondary N) is 1. The zero-order valence-corrected chi connectivity index (χ0v) is 20.9. The van der Waals surface area contributed by atoms with Crippen molar-refractivity contribution in [2.24, 2.45) is 0 Å². The van der Waals surface area contributed by atoms with E-state index in [4.69, 9.17) is 4.74 Å². The van der Waals surface area contributed by atoms with Gasteiger partial charge in [-0.3, -0.25) is 14.9 Å². The molecule has 1 heterocycles. The Hall–Kier alpha value is -4.71. The Labute approximate surface area is 215 Å². The second-order valence-corrected chi connectivity index (χ2v) is 9.22. The molecule has 184 valence electrons. The Morgan fingerprint density at radius 1 is 0.838 bits per heavy atom. The maximum atomic E-state index is 13.6. The van der Waals surface area contributed by atoms with Crippen LogP contribution in [-0.4, -0.2) is 17.8 Å². The van der Waals surface area contributed by atoms with Gasteiger partial charge in [0, 0.05) is 5.56 Å². The van der Waals surface area contributed by atoms with Gasteiger partial charge in [0.1, 0.15) is 17.9 Å². The van der Waals surface area contributed by atoms with E-state index in [0.717, 1.165) is 37.9 Å². The third-order valence-corrected chi connectivity index (χ3v) is 6.39. The van der Waals surface area contributed by atoms with Crippen LogP contribution in [0.5, 0.6) is 5.75 Å². The third kappa shape index (κ3) is 4.74. The van der Waals surface area contributed by atoms with E-state index in [0.29, 0.717) is 23.6 Å². The molecule has 0 atom stereocenters. The number of amides is 4. The van der Waals surface area contributed by atoms with E-state index in [1.54, 1.807) is 6.07 Å². The van der Waals surface area contributed by atoms with Crippen molar-refractivity contribution in [3.05, 3.63) is 112 Å². The average molecular weight is 491 g/mol. The molecule has 0 unspecified atom stereocenters. The van der Waals surface area contributed by atoms with Crippen LogP contribution in [0, 0.1) is 20.8 Å². The van der Waals surface area contributed by atoms with E-state index in [-0.39, 0.29) is 5.57 Å². The van der Waals surface area contributed by atoms with Crippen molar-refractivity contribution >= 4 is 40.4 Å². The van der Waals surface area contributed by atoms with Gasteiger partial charge >= 0.3 is 6.03 Å². The lowest BCUT2D eigenvalue weighted by molar-refractivity contribution is -0.122. The normalized spacial score (nSPS) is 14.8. The van der Waals surface area contributed by atoms with Gasteiger partial charge in [0.25, 0.3) is 11.8 Å². The summed E-state index contributed by atoms with van der Waals surface area (Å²) in [5.74, 6) is -0.893. The Bertz CT molecular complexity index is 1600. The summed E-state index contributed by atoms with van der Waals surface area (Å²) in [6.45, 7) is 6.10. The Kier molecular flexibility index (Phi) is 6.32. The predicted molar refractivity (Wildman–Crippen MR) is 144 cm³/mol. The van der Waals surface area contributed by atoms with Crippen molar-refractivity contribution in [1.29, 1.82) is 0 Å². The van der Waals surface area contributed by atoms with Crippen molar-refractivity contribution in [3.8, 4) is 5.75 Å². The fourth-order valence-corrected chi connectivity index (χ4v) is 4.59. The molecule has 0 aromatic heterocycles. The van der Waals surface area contributed by atoms with Crippen LogP contribution in [0.4, 0.5) is 10.5 Å². The highest BCUT2D eigenvalue weighted by molar-refractivity contribution is 6.39. The molecule has 1 saturated heterocycles. The van der Waals surface area contributed by atoms with E-state index < -0.39 is 17.8 Å². The van der Waals surface area contributed by atoms with Crippen molar-refractivity contribution in [2.45, 2.75) is 27.4 Å². The van der Waals surface area contributed by atoms with Gasteiger partial charge in [-0.1, -0.05) is 77.9 Å². The van der Waals surface area contributed by atoms with Gasteiger partial charge in [0.15, 0.2) is 0 Å². The molecule has 4 aromatic rings. The van der Waals surface area contributed by atoms with Gasteiger partial charge in [0.2, 0.25) is 0 Å². The van der Waals surface area contributed by atoms with Crippen LogP contribution in [0.1, 0.15) is 27.8 Å². The number of imide groups is 2. The first-order valence-electron chi connectivity index (χ1n) is 12.0. The highest BCUT2D eigenvalue weighted by Crippen LogP contribution is 2.33. The molecule has 1 N–H and O–H groups in total. The third-order valence-electron chi connectivity index (χ3n) is 6.39. The molecule has 1 aliphatic heterocycles. The minimum Gasteiger partial charge on any atom is -0.488 e. The number of ether oxygens (including phenoxy) is 1. The number of urea groups is 1. The van der Waals surface area contributed by atoms with Crippen molar-refractivity contribution in [3.63, 3.8) is 0 Å². The van der Waals surface area contributed by atoms with Crippen LogP contribution in [0.25, 0.3) is 16.8 Å². The first-order valence-corrected chi connectivity index (χ1v) is 12.0. The fourth-order valence-electron chi connectivity index (χ4n) is 4.59. The monoisotopic (exact) mass is 490 g/mol. The van der Waals surface area contributed by atoms with Gasteiger partial charge in [-0.25, -0.2) is 9.69 Å². The van der Waals surface area contributed by atoms with Gasteiger partial charge < -0.3 is 4.74 Å². The molecule has 0 bridgehead atoms. The van der Waals surface area contributed by atoms with Crippen molar-refractivity contribution in [2.75, 3.05) is 4.90 Å². The molecule has 4 aromatic carbocycles. The van der Waals surface area contributed by atoms with E-state index in [1.165, 1.54) is 6.08 Å². The molecule has 6 nitrogen and oxygen atoms in total. The summed E-state index contributed by atoms with van der Waals surface area (Å²) < 4.78 is 6.20. The minimum absolute atomic E-state index is 0.142. The summed E-state index contributed by atoms with van der Waals surface area (Å²) in [7, 11) is 0. The Morgan fingerprint density at radius 2 is 1.62 bits per heavy atom. The minimum atomic E-state index is -0.770. The van der Waals surface area contributed by atoms with Crippen LogP contribution in [0.15, 0.2) is 84.4 Å². The molecule has 0 aliphatic carbocycles. The number of hydrogen-bond acceptors (Lipinski definition) is 4. The van der Waals surface area contributed by atoms with Crippen LogP contribution in [-0.2, 0) is 16.2 Å². The highest BCUT2D eigenvalue weighted by Gasteiger charge is 2.37. The lowest BCUT2D eigenvalue weighted by Crippen LogP contribution is -2.54. The summed E-state index contributed by atoms with van der Waals surface area (Å²) in [4.78, 5) is 40.3. The van der Waals surface area contributed by atoms with E-state index in [9.17, 15) is 14.4 Å². The molecule has 5 rings (SSSR count). The molecular formula is C31H26N2O4. The smallest absolute Gasteiger partial charge is 0.335 e. The molecule has 0 saturated carbocycles. The lowest BCUT2D eigenvalue weighted by Gasteiger charge is -2.28. The zero-order valence-electron chi connectivity index (χ0n) is 20.9. The lowest BCUT2D eigenvalue weighted by atomic mass is 9.99. The number of hydrogen-bond donors (Lipinski definition) is 1. The SMILES string of the molecule is Cc1cccc(COc2ccc3ccccc3c2/C=C2\C(=O)NC(=O)N(c3ccc(C)cc3C)C2=O)c1. The van der Waals surface area contributed by atoms with Crippen LogP contribution in [0.2, 0.25) is 0 Å². The zero-order chi connectivity index (χ0) is 26.1. The maximum Gasteiger partial charge on any atom is 0.335 e. The molecular weight excluding hydrogens is 464 g/mol. The average Bonchev–Trinajstić information content (AvgIpc) is 2.87. The fraction of sp³-hybridized carbons (Fsp3) is 0.129.